The first-order valence-corrected chi connectivity index (χ1v) is 27.1. The van der Waals surface area contributed by atoms with Crippen LogP contribution in [-0.2, 0) is 60.1 Å². The summed E-state index contributed by atoms with van der Waals surface area (Å²) in [6, 6.07) is 39.6. The average Bonchev–Trinajstić information content (AvgIpc) is 3.26. The number of hydrogen-bond acceptors (Lipinski definition) is 9. The topological polar surface area (TPSA) is 191 Å². The van der Waals surface area contributed by atoms with Gasteiger partial charge in [0.15, 0.2) is 5.78 Å². The molecular weight excluding hydrogens is 976 g/mol. The Morgan fingerprint density at radius 3 is 1.46 bits per heavy atom. The van der Waals surface area contributed by atoms with E-state index in [0.29, 0.717) is 41.1 Å². The van der Waals surface area contributed by atoms with Crippen LogP contribution in [0.15, 0.2) is 143 Å². The van der Waals surface area contributed by atoms with Crippen LogP contribution in [0.5, 0.6) is 0 Å². The maximum atomic E-state index is 13.4. The minimum Gasteiger partial charge on any atom is -0.444 e. The predicted molar refractivity (Wildman–Crippen MR) is 253 cm³/mol. The monoisotopic (exact) mass is 1030 g/mol. The largest absolute Gasteiger partial charge is 0.444 e. The van der Waals surface area contributed by atoms with Gasteiger partial charge in [0.2, 0.25) is 10.0 Å². The fourth-order valence-corrected chi connectivity index (χ4v) is 11.4. The maximum absolute atomic E-state index is 13.4. The molecule has 0 saturated heterocycles. The summed E-state index contributed by atoms with van der Waals surface area (Å²) < 4.78 is 67.6. The van der Waals surface area contributed by atoms with E-state index in [0.717, 1.165) is 26.5 Å². The summed E-state index contributed by atoms with van der Waals surface area (Å²) in [6.07, 6.45) is 0.618. The number of Topliss-reactive ketones (excluding diaryl/α,β-unsaturated/α-hetero) is 2. The molecular formula is C50H58IN4O8S2-. The number of alkyl carbamates (subject to hydrolysis) is 1. The van der Waals surface area contributed by atoms with Crippen LogP contribution in [0.4, 0.5) is 4.79 Å². The van der Waals surface area contributed by atoms with Crippen molar-refractivity contribution in [1.29, 1.82) is 0 Å². The van der Waals surface area contributed by atoms with Gasteiger partial charge in [-0.25, -0.2) is 17.9 Å². The summed E-state index contributed by atoms with van der Waals surface area (Å²) in [6.45, 7) is 9.34. The smallest absolute Gasteiger partial charge is 0.408 e. The number of amides is 1. The summed E-state index contributed by atoms with van der Waals surface area (Å²) in [5.41, 5.74) is 2.86. The number of ketones is 2. The second-order valence-corrected chi connectivity index (χ2v) is 21.6. The van der Waals surface area contributed by atoms with Crippen molar-refractivity contribution in [3.8, 4) is 0 Å². The van der Waals surface area contributed by atoms with Gasteiger partial charge in [0.1, 0.15) is 5.60 Å². The molecule has 0 bridgehead atoms. The zero-order valence-corrected chi connectivity index (χ0v) is 41.1. The number of nitrogens with one attached hydrogen (secondary N) is 3. The molecule has 2 atom stereocenters. The molecule has 12 nitrogen and oxygen atoms in total. The van der Waals surface area contributed by atoms with Gasteiger partial charge in [-0.05, 0) is 49.8 Å². The number of alkyl halides is 1. The number of halogens is 1. The van der Waals surface area contributed by atoms with Crippen LogP contribution in [0.1, 0.15) is 56.9 Å². The van der Waals surface area contributed by atoms with E-state index in [1.807, 2.05) is 78.9 Å². The summed E-state index contributed by atoms with van der Waals surface area (Å²) in [4.78, 5) is 39.5. The first kappa shape index (κ1) is 51.0. The van der Waals surface area contributed by atoms with E-state index in [1.54, 1.807) is 89.2 Å². The molecule has 0 saturated carbocycles. The number of benzene rings is 6. The standard InChI is InChI=1S/C27H32N2O5S.C23H26IN2O3S/c1-5-28-35(32,33)25-16-10-14-21-20(13-9-15-22(21)25)18-24(30)23(17-19-11-7-6-8-12-19)29-26(31)34-27(2,3)4;1-2-26-30(28,29)23-13-7-11-20-18(10-6-12-21(20)23)15-22(27)19(16-24-25)14-17-8-4-3-5-9-17/h6-16,23,28H,5,17-18H2,1-4H3,(H,29,31);3-13,19,26H,2,14-16,25H2,1H3/q;-1/t23-;19-/m01/s1. The molecule has 0 aliphatic heterocycles. The van der Waals surface area contributed by atoms with Gasteiger partial charge in [-0.3, -0.25) is 4.79 Å². The summed E-state index contributed by atoms with van der Waals surface area (Å²) in [5.74, 6) is -0.169. The van der Waals surface area contributed by atoms with Crippen LogP contribution in [0.25, 0.3) is 21.5 Å². The molecule has 0 fully saturated rings. The first-order valence-electron chi connectivity index (χ1n) is 21.4. The third kappa shape index (κ3) is 14.5. The second kappa shape index (κ2) is 23.4. The number of carbonyl (C=O) groups excluding carboxylic acids is 3. The Balaban J connectivity index is 0.000000247. The summed E-state index contributed by atoms with van der Waals surface area (Å²) in [5, 5.41) is 5.37. The van der Waals surface area contributed by atoms with Crippen molar-refractivity contribution in [2.45, 2.75) is 81.7 Å². The van der Waals surface area contributed by atoms with E-state index >= 15 is 0 Å². The normalized spacial score (nSPS) is 12.8. The van der Waals surface area contributed by atoms with E-state index in [9.17, 15) is 31.2 Å². The van der Waals surface area contributed by atoms with Crippen LogP contribution in [0, 0.1) is 5.92 Å². The molecule has 0 spiro atoms. The van der Waals surface area contributed by atoms with Crippen molar-refractivity contribution in [2.75, 3.05) is 17.5 Å². The molecule has 0 radical (unpaired) electrons. The van der Waals surface area contributed by atoms with Crippen LogP contribution < -0.4 is 40.2 Å². The Morgan fingerprint density at radius 2 is 1.02 bits per heavy atom. The van der Waals surface area contributed by atoms with Crippen molar-refractivity contribution < 1.29 is 57.4 Å². The SMILES string of the molecule is CCNS(=O)(=O)c1cccc2c(CC(=O)[C@@H](C[I-]N)Cc3ccccc3)cccc12.CCNS(=O)(=O)c1cccc2c(CC(=O)[C@H](Cc3ccccc3)NC(=O)OC(C)(C)C)cccc12. The summed E-state index contributed by atoms with van der Waals surface area (Å²) >= 11 is -0.510. The van der Waals surface area contributed by atoms with Gasteiger partial charge in [0, 0.05) is 18.4 Å². The van der Waals surface area contributed by atoms with E-state index in [2.05, 4.69) is 14.8 Å². The minimum atomic E-state index is -3.68. The number of ether oxygens (including phenoxy) is 1. The van der Waals surface area contributed by atoms with Gasteiger partial charge < -0.3 is 10.1 Å². The zero-order chi connectivity index (χ0) is 47.2. The van der Waals surface area contributed by atoms with Gasteiger partial charge in [-0.15, -0.1) is 0 Å². The molecule has 0 unspecified atom stereocenters. The molecule has 0 heterocycles. The van der Waals surface area contributed by atoms with Crippen LogP contribution in [-0.4, -0.2) is 63.7 Å². The zero-order valence-electron chi connectivity index (χ0n) is 37.3. The Kier molecular flexibility index (Phi) is 18.4. The minimum absolute atomic E-state index is 0.0232. The average molecular weight is 1030 g/mol. The van der Waals surface area contributed by atoms with E-state index in [-0.39, 0.29) is 46.7 Å². The molecule has 1 amide bonds. The molecule has 15 heteroatoms. The predicted octanol–water partition coefficient (Wildman–Crippen LogP) is 4.46. The van der Waals surface area contributed by atoms with Crippen molar-refractivity contribution in [3.05, 3.63) is 156 Å². The number of carbonyl (C=O) groups is 3. The van der Waals surface area contributed by atoms with Crippen molar-refractivity contribution in [2.24, 2.45) is 9.86 Å². The van der Waals surface area contributed by atoms with Crippen LogP contribution in [0.2, 0.25) is 0 Å². The van der Waals surface area contributed by atoms with Gasteiger partial charge in [0.05, 0.1) is 10.9 Å². The molecule has 5 N–H and O–H groups in total. The van der Waals surface area contributed by atoms with E-state index in [4.69, 9.17) is 8.68 Å². The molecule has 0 aromatic heterocycles. The van der Waals surface area contributed by atoms with Gasteiger partial charge in [-0.2, -0.15) is 0 Å². The number of nitrogens with two attached hydrogens (primary N) is 1. The Bertz CT molecular complexity index is 2800. The van der Waals surface area contributed by atoms with E-state index < -0.39 is 59.3 Å². The fraction of sp³-hybridized carbons (Fsp3) is 0.300. The molecule has 0 aliphatic rings. The quantitative estimate of drug-likeness (QED) is 0.0516. The van der Waals surface area contributed by atoms with Gasteiger partial charge in [-0.1, -0.05) is 67.6 Å². The molecule has 65 heavy (non-hydrogen) atoms. The van der Waals surface area contributed by atoms with Crippen molar-refractivity contribution in [1.82, 2.24) is 14.8 Å². The van der Waals surface area contributed by atoms with Crippen molar-refractivity contribution in [3.63, 3.8) is 0 Å². The number of rotatable bonds is 19. The number of fused-ring (bicyclic) bond motifs is 2. The molecule has 6 rings (SSSR count). The summed E-state index contributed by atoms with van der Waals surface area (Å²) in [7, 11) is -7.28. The molecule has 6 aromatic carbocycles. The van der Waals surface area contributed by atoms with Crippen LogP contribution in [0.3, 0.4) is 0 Å². The van der Waals surface area contributed by atoms with E-state index in [1.165, 1.54) is 0 Å². The molecule has 346 valence electrons. The number of hydrogen-bond donors (Lipinski definition) is 4. The number of sulfonamides is 2. The Hall–Kier alpha value is -5.04. The maximum Gasteiger partial charge on any atom is 0.408 e. The first-order chi connectivity index (χ1) is 31.0. The van der Waals surface area contributed by atoms with Crippen LogP contribution >= 0.6 is 0 Å². The molecule has 6 aromatic rings. The fourth-order valence-electron chi connectivity index (χ4n) is 7.45. The molecule has 0 aliphatic carbocycles. The Labute approximate surface area is 393 Å². The third-order valence-electron chi connectivity index (χ3n) is 10.3. The Morgan fingerprint density at radius 1 is 0.585 bits per heavy atom. The van der Waals surface area contributed by atoms with Gasteiger partial charge >= 0.3 is 195 Å². The van der Waals surface area contributed by atoms with Crippen molar-refractivity contribution >= 4 is 59.3 Å². The van der Waals surface area contributed by atoms with Gasteiger partial charge in [0.25, 0.3) is 0 Å². The second-order valence-electron chi connectivity index (χ2n) is 16.4. The third-order valence-corrected chi connectivity index (χ3v) is 15.1.